The van der Waals surface area contributed by atoms with Crippen LogP contribution in [0.4, 0.5) is 17.5 Å². The Kier molecular flexibility index (Phi) is 6.36. The highest BCUT2D eigenvalue weighted by atomic mass is 127. The molecule has 0 atom stereocenters. The number of benzene rings is 2. The van der Waals surface area contributed by atoms with Gasteiger partial charge in [0.2, 0.25) is 11.9 Å². The van der Waals surface area contributed by atoms with Gasteiger partial charge in [0.15, 0.2) is 0 Å². The molecule has 4 rings (SSSR count). The first kappa shape index (κ1) is 20.8. The fraction of sp³-hybridized carbons (Fsp3) is 0.348. The monoisotopic (exact) mass is 515 g/mol. The molecule has 156 valence electrons. The van der Waals surface area contributed by atoms with Gasteiger partial charge in [-0.1, -0.05) is 18.2 Å². The number of carbonyl (C=O) groups excluding carboxylic acids is 1. The molecule has 2 aromatic carbocycles. The second kappa shape index (κ2) is 9.16. The van der Waals surface area contributed by atoms with Crippen LogP contribution in [-0.2, 0) is 4.79 Å². The van der Waals surface area contributed by atoms with Crippen molar-refractivity contribution in [3.63, 3.8) is 0 Å². The van der Waals surface area contributed by atoms with E-state index in [1.807, 2.05) is 67.5 Å². The highest BCUT2D eigenvalue weighted by Crippen LogP contribution is 2.29. The number of carbonyl (C=O) groups is 1. The molecule has 30 heavy (non-hydrogen) atoms. The molecule has 0 bridgehead atoms. The summed E-state index contributed by atoms with van der Waals surface area (Å²) in [5.74, 6) is 1.74. The van der Waals surface area contributed by atoms with Crippen molar-refractivity contribution in [3.8, 4) is 0 Å². The molecule has 1 aliphatic carbocycles. The molecule has 0 aliphatic heterocycles. The summed E-state index contributed by atoms with van der Waals surface area (Å²) in [6, 6.07) is 16.3. The highest BCUT2D eigenvalue weighted by Gasteiger charge is 2.27. The van der Waals surface area contributed by atoms with E-state index in [4.69, 9.17) is 9.97 Å². The molecule has 1 saturated carbocycles. The maximum atomic E-state index is 12.6. The lowest BCUT2D eigenvalue weighted by Crippen LogP contribution is -2.32. The second-order valence-corrected chi connectivity index (χ2v) is 9.22. The maximum absolute atomic E-state index is 12.6. The van der Waals surface area contributed by atoms with E-state index >= 15 is 0 Å². The minimum atomic E-state index is 0.0516. The molecule has 6 nitrogen and oxygen atoms in total. The molecule has 1 fully saturated rings. The van der Waals surface area contributed by atoms with Crippen LogP contribution in [0.1, 0.15) is 25.7 Å². The van der Waals surface area contributed by atoms with E-state index in [1.54, 1.807) is 0 Å². The van der Waals surface area contributed by atoms with Crippen LogP contribution in [0.15, 0.2) is 48.5 Å². The number of nitrogens with zero attached hydrogens (tertiary/aromatic N) is 3. The summed E-state index contributed by atoms with van der Waals surface area (Å²) in [5.41, 5.74) is 1.80. The fourth-order valence-corrected chi connectivity index (χ4v) is 4.50. The molecule has 1 heterocycles. The van der Waals surface area contributed by atoms with Crippen molar-refractivity contribution >= 4 is 56.9 Å². The largest absolute Gasteiger partial charge is 0.362 e. The Balaban J connectivity index is 1.38. The Morgan fingerprint density at radius 1 is 1.03 bits per heavy atom. The molecule has 1 amide bonds. The third-order valence-corrected chi connectivity index (χ3v) is 6.20. The van der Waals surface area contributed by atoms with Gasteiger partial charge in [0.05, 0.1) is 5.52 Å². The molecule has 0 spiro atoms. The van der Waals surface area contributed by atoms with Crippen LogP contribution in [0.25, 0.3) is 10.9 Å². The first-order valence-corrected chi connectivity index (χ1v) is 11.3. The van der Waals surface area contributed by atoms with Crippen LogP contribution in [-0.4, -0.2) is 36.0 Å². The summed E-state index contributed by atoms with van der Waals surface area (Å²) < 4.78 is 1.12. The number of halogens is 1. The summed E-state index contributed by atoms with van der Waals surface area (Å²) in [6.45, 7) is 0. The molecular weight excluding hydrogens is 489 g/mol. The number of nitrogens with one attached hydrogen (secondary N) is 2. The average molecular weight is 515 g/mol. The molecule has 0 radical (unpaired) electrons. The maximum Gasteiger partial charge on any atom is 0.227 e. The predicted molar refractivity (Wildman–Crippen MR) is 131 cm³/mol. The summed E-state index contributed by atoms with van der Waals surface area (Å²) in [4.78, 5) is 24.1. The summed E-state index contributed by atoms with van der Waals surface area (Å²) in [6.07, 6.45) is 3.58. The van der Waals surface area contributed by atoms with Gasteiger partial charge >= 0.3 is 0 Å². The number of anilines is 3. The summed E-state index contributed by atoms with van der Waals surface area (Å²) in [7, 11) is 3.99. The zero-order chi connectivity index (χ0) is 21.1. The molecule has 0 unspecified atom stereocenters. The zero-order valence-electron chi connectivity index (χ0n) is 17.2. The third kappa shape index (κ3) is 4.83. The van der Waals surface area contributed by atoms with Gasteiger partial charge in [0, 0.05) is 40.7 Å². The van der Waals surface area contributed by atoms with Crippen molar-refractivity contribution < 1.29 is 4.79 Å². The van der Waals surface area contributed by atoms with Crippen LogP contribution >= 0.6 is 22.6 Å². The third-order valence-electron chi connectivity index (χ3n) is 5.53. The number of aromatic nitrogens is 2. The van der Waals surface area contributed by atoms with Crippen LogP contribution in [0, 0.1) is 9.49 Å². The van der Waals surface area contributed by atoms with E-state index in [9.17, 15) is 4.79 Å². The fourth-order valence-electron chi connectivity index (χ4n) is 3.96. The van der Waals surface area contributed by atoms with E-state index in [2.05, 4.69) is 33.2 Å². The summed E-state index contributed by atoms with van der Waals surface area (Å²) in [5, 5.41) is 7.61. The number of para-hydroxylation sites is 1. The normalized spacial score (nSPS) is 18.8. The molecule has 2 N–H and O–H groups in total. The molecule has 1 aromatic heterocycles. The SMILES string of the molecule is CN(C)c1nc(NC2CCC(C(=O)Nc3cccc(I)c3)CC2)nc2ccccc12. The van der Waals surface area contributed by atoms with Crippen molar-refractivity contribution in [2.45, 2.75) is 31.7 Å². The molecule has 3 aromatic rings. The van der Waals surface area contributed by atoms with Gasteiger partial charge < -0.3 is 15.5 Å². The quantitative estimate of drug-likeness (QED) is 0.473. The van der Waals surface area contributed by atoms with Crippen molar-refractivity contribution in [1.29, 1.82) is 0 Å². The molecule has 1 aliphatic rings. The molecule has 7 heteroatoms. The van der Waals surface area contributed by atoms with Crippen LogP contribution in [0.3, 0.4) is 0 Å². The average Bonchev–Trinajstić information content (AvgIpc) is 2.73. The first-order chi connectivity index (χ1) is 14.5. The Labute approximate surface area is 190 Å². The highest BCUT2D eigenvalue weighted by molar-refractivity contribution is 14.1. The van der Waals surface area contributed by atoms with Crippen LogP contribution in [0.5, 0.6) is 0 Å². The van der Waals surface area contributed by atoms with E-state index in [1.165, 1.54) is 0 Å². The predicted octanol–water partition coefficient (Wildman–Crippen LogP) is 4.91. The Morgan fingerprint density at radius 2 is 1.80 bits per heavy atom. The topological polar surface area (TPSA) is 70.2 Å². The van der Waals surface area contributed by atoms with Crippen LogP contribution in [0.2, 0.25) is 0 Å². The number of amides is 1. The lowest BCUT2D eigenvalue weighted by atomic mass is 9.85. The van der Waals surface area contributed by atoms with Gasteiger partial charge in [-0.25, -0.2) is 4.98 Å². The molecule has 0 saturated heterocycles. The van der Waals surface area contributed by atoms with Crippen molar-refractivity contribution in [1.82, 2.24) is 9.97 Å². The standard InChI is InChI=1S/C23H26IN5O/c1-29(2)21-19-8-3-4-9-20(19)27-23(28-21)26-17-12-10-15(11-13-17)22(30)25-18-7-5-6-16(24)14-18/h3-9,14-15,17H,10-13H2,1-2H3,(H,25,30)(H,26,27,28). The van der Waals surface area contributed by atoms with Gasteiger partial charge in [0.1, 0.15) is 5.82 Å². The second-order valence-electron chi connectivity index (χ2n) is 7.97. The smallest absolute Gasteiger partial charge is 0.227 e. The molecular formula is C23H26IN5O. The minimum Gasteiger partial charge on any atom is -0.362 e. The van der Waals surface area contributed by atoms with Crippen molar-refractivity contribution in [3.05, 3.63) is 52.1 Å². The minimum absolute atomic E-state index is 0.0516. The zero-order valence-corrected chi connectivity index (χ0v) is 19.4. The van der Waals surface area contributed by atoms with Gasteiger partial charge in [-0.15, -0.1) is 0 Å². The Bertz CT molecular complexity index is 1050. The van der Waals surface area contributed by atoms with Crippen molar-refractivity contribution in [2.24, 2.45) is 5.92 Å². The number of hydrogen-bond donors (Lipinski definition) is 2. The van der Waals surface area contributed by atoms with E-state index in [0.29, 0.717) is 5.95 Å². The van der Waals surface area contributed by atoms with Gasteiger partial charge in [-0.3, -0.25) is 4.79 Å². The lowest BCUT2D eigenvalue weighted by Gasteiger charge is -2.28. The van der Waals surface area contributed by atoms with Gasteiger partial charge in [-0.2, -0.15) is 4.98 Å². The number of fused-ring (bicyclic) bond motifs is 1. The summed E-state index contributed by atoms with van der Waals surface area (Å²) >= 11 is 2.26. The Morgan fingerprint density at radius 3 is 2.53 bits per heavy atom. The van der Waals surface area contributed by atoms with E-state index in [0.717, 1.165) is 51.7 Å². The van der Waals surface area contributed by atoms with E-state index < -0.39 is 0 Å². The van der Waals surface area contributed by atoms with Crippen LogP contribution < -0.4 is 15.5 Å². The number of rotatable bonds is 5. The van der Waals surface area contributed by atoms with Gasteiger partial charge in [-0.05, 0) is 78.6 Å². The Hall–Kier alpha value is -2.42. The van der Waals surface area contributed by atoms with Crippen molar-refractivity contribution in [2.75, 3.05) is 29.6 Å². The lowest BCUT2D eigenvalue weighted by molar-refractivity contribution is -0.120. The van der Waals surface area contributed by atoms with E-state index in [-0.39, 0.29) is 17.9 Å². The number of hydrogen-bond acceptors (Lipinski definition) is 5. The first-order valence-electron chi connectivity index (χ1n) is 10.3. The van der Waals surface area contributed by atoms with Gasteiger partial charge in [0.25, 0.3) is 0 Å².